The van der Waals surface area contributed by atoms with Crippen LogP contribution in [0.4, 0.5) is 0 Å². The number of hydrogen-bond donors (Lipinski definition) is 0. The molecule has 0 saturated heterocycles. The van der Waals surface area contributed by atoms with Crippen LogP contribution >= 0.6 is 0 Å². The predicted molar refractivity (Wildman–Crippen MR) is 135 cm³/mol. The second-order valence-electron chi connectivity index (χ2n) is 7.19. The molecule has 29 heavy (non-hydrogen) atoms. The number of fused-ring (bicyclic) bond motifs is 8. The molecule has 0 nitrogen and oxygen atoms in total. The molecule has 0 saturated carbocycles. The van der Waals surface area contributed by atoms with Gasteiger partial charge in [-0.25, -0.2) is 0 Å². The quantitative estimate of drug-likeness (QED) is 0.232. The van der Waals surface area contributed by atoms with Crippen LogP contribution in [0.1, 0.15) is 66.5 Å². The van der Waals surface area contributed by atoms with Crippen LogP contribution < -0.4 is 0 Å². The van der Waals surface area contributed by atoms with E-state index in [4.69, 9.17) is 0 Å². The van der Waals surface area contributed by atoms with Gasteiger partial charge < -0.3 is 0 Å². The topological polar surface area (TPSA) is 0 Å². The molecule has 4 aromatic rings. The Morgan fingerprint density at radius 3 is 1.55 bits per heavy atom. The Labute approximate surface area is 178 Å². The maximum Gasteiger partial charge on any atom is -0.000705 e. The maximum absolute atomic E-state index is 2.27. The van der Waals surface area contributed by atoms with E-state index in [2.05, 4.69) is 100 Å². The number of rotatable bonds is 0. The van der Waals surface area contributed by atoms with Gasteiger partial charge in [-0.1, -0.05) is 128 Å². The molecule has 0 spiro atoms. The van der Waals surface area contributed by atoms with Gasteiger partial charge >= 0.3 is 0 Å². The molecule has 4 aromatic carbocycles. The third-order valence-corrected chi connectivity index (χ3v) is 4.69. The largest absolute Gasteiger partial charge is 0.0776 e. The van der Waals surface area contributed by atoms with E-state index in [0.717, 1.165) is 6.42 Å². The second kappa shape index (κ2) is 11.4. The zero-order valence-corrected chi connectivity index (χ0v) is 17.0. The van der Waals surface area contributed by atoms with E-state index in [1.807, 2.05) is 0 Å². The summed E-state index contributed by atoms with van der Waals surface area (Å²) in [6.45, 7) is 8.50. The maximum atomic E-state index is 2.27. The molecule has 0 radical (unpaired) electrons. The van der Waals surface area contributed by atoms with E-state index in [0.29, 0.717) is 0 Å². The first-order valence-electron chi connectivity index (χ1n) is 10.3. The molecule has 0 aliphatic heterocycles. The molecule has 0 atom stereocenters. The van der Waals surface area contributed by atoms with Crippen LogP contribution in [-0.2, 0) is 6.42 Å². The van der Waals surface area contributed by atoms with Crippen molar-refractivity contribution in [1.29, 1.82) is 0 Å². The lowest BCUT2D eigenvalue weighted by Gasteiger charge is -2.12. The summed E-state index contributed by atoms with van der Waals surface area (Å²) in [7, 11) is 0. The lowest BCUT2D eigenvalue weighted by Crippen LogP contribution is -1.87. The Morgan fingerprint density at radius 2 is 0.966 bits per heavy atom. The van der Waals surface area contributed by atoms with Gasteiger partial charge in [0.2, 0.25) is 0 Å². The van der Waals surface area contributed by atoms with Gasteiger partial charge in [-0.15, -0.1) is 0 Å². The highest BCUT2D eigenvalue weighted by Crippen LogP contribution is 2.45. The van der Waals surface area contributed by atoms with E-state index in [1.165, 1.54) is 56.6 Å². The lowest BCUT2D eigenvalue weighted by atomic mass is 9.92. The molecular weight excluding hydrogens is 348 g/mol. The Hall–Kier alpha value is -2.60. The monoisotopic (exact) mass is 386 g/mol. The van der Waals surface area contributed by atoms with Crippen molar-refractivity contribution in [1.82, 2.24) is 0 Å². The van der Waals surface area contributed by atoms with E-state index in [1.54, 1.807) is 0 Å². The fourth-order valence-electron chi connectivity index (χ4n) is 3.81. The molecule has 0 aromatic heterocycles. The van der Waals surface area contributed by atoms with Crippen LogP contribution in [0, 0.1) is 0 Å². The van der Waals surface area contributed by atoms with Gasteiger partial charge in [0.1, 0.15) is 0 Å². The summed E-state index contributed by atoms with van der Waals surface area (Å²) in [5.74, 6) is 0. The van der Waals surface area contributed by atoms with Gasteiger partial charge in [0, 0.05) is 0 Å². The summed E-state index contributed by atoms with van der Waals surface area (Å²) in [5, 5.41) is 5.53. The van der Waals surface area contributed by atoms with Crippen molar-refractivity contribution >= 4 is 21.5 Å². The molecule has 1 aliphatic rings. The van der Waals surface area contributed by atoms with Crippen LogP contribution in [0.3, 0.4) is 0 Å². The van der Waals surface area contributed by atoms with Crippen molar-refractivity contribution in [3.05, 3.63) is 83.9 Å². The molecule has 1 aliphatic carbocycles. The first-order chi connectivity index (χ1) is 13.3. The van der Waals surface area contributed by atoms with Crippen LogP contribution in [0.15, 0.2) is 72.8 Å². The minimum Gasteiger partial charge on any atom is -0.0776 e. The highest BCUT2D eigenvalue weighted by Gasteiger charge is 2.23. The molecule has 154 valence electrons. The van der Waals surface area contributed by atoms with Crippen molar-refractivity contribution in [2.24, 2.45) is 0 Å². The Kier molecular flexibility index (Phi) is 9.62. The molecule has 0 bridgehead atoms. The Morgan fingerprint density at radius 1 is 0.552 bits per heavy atom. The van der Waals surface area contributed by atoms with Gasteiger partial charge in [-0.3, -0.25) is 0 Å². The summed E-state index contributed by atoms with van der Waals surface area (Å²) in [5.41, 5.74) is 5.80. The van der Waals surface area contributed by atoms with Crippen LogP contribution in [0.25, 0.3) is 32.7 Å². The molecule has 5 rings (SSSR count). The fraction of sp³-hybridized carbons (Fsp3) is 0.310. The minimum atomic E-state index is 0. The standard InChI is InChI=1S/C21H14.2C3H8.2CH4/c1-2-8-15-14(7-1)13-20-18-11-4-3-9-16(18)17-10-5-6-12-19(17)21(15)20;2*1-3-2;;/h1-12H,13H2;2*3H2,1-2H3;2*1H4. The first kappa shape index (κ1) is 24.4. The average Bonchev–Trinajstić information content (AvgIpc) is 3.10. The van der Waals surface area contributed by atoms with Gasteiger partial charge in [0.25, 0.3) is 0 Å². The highest BCUT2D eigenvalue weighted by atomic mass is 14.3. The van der Waals surface area contributed by atoms with E-state index >= 15 is 0 Å². The van der Waals surface area contributed by atoms with Gasteiger partial charge in [0.15, 0.2) is 0 Å². The van der Waals surface area contributed by atoms with Crippen molar-refractivity contribution in [2.45, 2.75) is 61.8 Å². The Bertz CT molecular complexity index is 1040. The lowest BCUT2D eigenvalue weighted by molar-refractivity contribution is 1.09. The minimum absolute atomic E-state index is 0. The number of hydrogen-bond acceptors (Lipinski definition) is 0. The molecule has 0 heteroatoms. The van der Waals surface area contributed by atoms with Crippen molar-refractivity contribution in [3.8, 4) is 11.1 Å². The smallest absolute Gasteiger partial charge is 0.000705 e. The van der Waals surface area contributed by atoms with Gasteiger partial charge in [0.05, 0.1) is 0 Å². The highest BCUT2D eigenvalue weighted by molar-refractivity contribution is 6.17. The third kappa shape index (κ3) is 4.70. The summed E-state index contributed by atoms with van der Waals surface area (Å²) >= 11 is 0. The predicted octanol–water partition coefficient (Wildman–Crippen LogP) is 9.67. The molecular formula is C29H38. The van der Waals surface area contributed by atoms with E-state index in [-0.39, 0.29) is 14.9 Å². The molecule has 0 amide bonds. The molecule has 0 unspecified atom stereocenters. The number of benzene rings is 4. The summed E-state index contributed by atoms with van der Waals surface area (Å²) in [4.78, 5) is 0. The first-order valence-corrected chi connectivity index (χ1v) is 10.3. The van der Waals surface area contributed by atoms with Crippen LogP contribution in [-0.4, -0.2) is 0 Å². The van der Waals surface area contributed by atoms with Crippen molar-refractivity contribution in [3.63, 3.8) is 0 Å². The second-order valence-corrected chi connectivity index (χ2v) is 7.19. The normalized spacial score (nSPS) is 10.3. The van der Waals surface area contributed by atoms with E-state index in [9.17, 15) is 0 Å². The van der Waals surface area contributed by atoms with E-state index < -0.39 is 0 Å². The average molecular weight is 387 g/mol. The molecule has 0 N–H and O–H groups in total. The zero-order chi connectivity index (χ0) is 19.2. The summed E-state index contributed by atoms with van der Waals surface area (Å²) < 4.78 is 0. The van der Waals surface area contributed by atoms with Gasteiger partial charge in [-0.2, -0.15) is 0 Å². The van der Waals surface area contributed by atoms with Gasteiger partial charge in [-0.05, 0) is 50.2 Å². The Balaban J connectivity index is 0.000000475. The summed E-state index contributed by atoms with van der Waals surface area (Å²) in [6, 6.07) is 26.5. The zero-order valence-electron chi connectivity index (χ0n) is 17.0. The molecule has 0 fully saturated rings. The van der Waals surface area contributed by atoms with Crippen LogP contribution in [0.5, 0.6) is 0 Å². The fourth-order valence-corrected chi connectivity index (χ4v) is 3.81. The van der Waals surface area contributed by atoms with Crippen molar-refractivity contribution in [2.75, 3.05) is 0 Å². The van der Waals surface area contributed by atoms with Crippen molar-refractivity contribution < 1.29 is 0 Å². The molecule has 0 heterocycles. The third-order valence-electron chi connectivity index (χ3n) is 4.69. The summed E-state index contributed by atoms with van der Waals surface area (Å²) in [6.07, 6.45) is 3.55. The SMILES string of the molecule is C.C.CCC.CCC.c1ccc2c(c1)Cc1c-2c2ccccc2c2ccccc12. The van der Waals surface area contributed by atoms with Crippen LogP contribution in [0.2, 0.25) is 0 Å².